The van der Waals surface area contributed by atoms with E-state index in [1.807, 2.05) is 43.3 Å². The van der Waals surface area contributed by atoms with Crippen molar-refractivity contribution in [1.29, 1.82) is 0 Å². The standard InChI is InChI=1S/C15H17ClN4O2/c1-19(2)14(11-5-7-12(16)8-6-11)10-18-15-13(20(21)22)4-3-9-17-15/h3-9,14H,10H2,1-2H3,(H,17,18). The highest BCUT2D eigenvalue weighted by atomic mass is 35.5. The summed E-state index contributed by atoms with van der Waals surface area (Å²) in [6.45, 7) is 0.493. The van der Waals surface area contributed by atoms with E-state index in [0.29, 0.717) is 11.6 Å². The van der Waals surface area contributed by atoms with Gasteiger partial charge in [0.1, 0.15) is 0 Å². The number of hydrogen-bond donors (Lipinski definition) is 1. The molecule has 116 valence electrons. The molecule has 1 aromatic heterocycles. The number of nitrogens with zero attached hydrogens (tertiary/aromatic N) is 3. The topological polar surface area (TPSA) is 71.3 Å². The third-order valence-corrected chi connectivity index (χ3v) is 3.58. The molecule has 0 saturated heterocycles. The highest BCUT2D eigenvalue weighted by Gasteiger charge is 2.18. The van der Waals surface area contributed by atoms with Crippen LogP contribution < -0.4 is 5.32 Å². The normalized spacial score (nSPS) is 12.2. The van der Waals surface area contributed by atoms with Crippen LogP contribution in [-0.2, 0) is 0 Å². The molecule has 1 atom stereocenters. The van der Waals surface area contributed by atoms with Crippen molar-refractivity contribution in [2.45, 2.75) is 6.04 Å². The number of likely N-dealkylation sites (N-methyl/N-ethyl adjacent to an activating group) is 1. The van der Waals surface area contributed by atoms with Crippen molar-refractivity contribution in [1.82, 2.24) is 9.88 Å². The SMILES string of the molecule is CN(C)C(CNc1ncccc1[N+](=O)[O-])c1ccc(Cl)cc1. The van der Waals surface area contributed by atoms with Gasteiger partial charge in [-0.2, -0.15) is 0 Å². The molecule has 1 unspecified atom stereocenters. The maximum Gasteiger partial charge on any atom is 0.311 e. The molecule has 7 heteroatoms. The third kappa shape index (κ3) is 3.93. The van der Waals surface area contributed by atoms with Crippen LogP contribution in [0.5, 0.6) is 0 Å². The molecular formula is C15H17ClN4O2. The van der Waals surface area contributed by atoms with Gasteiger partial charge in [-0.3, -0.25) is 10.1 Å². The van der Waals surface area contributed by atoms with Crippen molar-refractivity contribution in [2.75, 3.05) is 26.0 Å². The molecule has 2 aromatic rings. The van der Waals surface area contributed by atoms with E-state index in [1.165, 1.54) is 12.3 Å². The molecule has 2 rings (SSSR count). The molecule has 22 heavy (non-hydrogen) atoms. The molecule has 0 saturated carbocycles. The Balaban J connectivity index is 2.16. The molecule has 6 nitrogen and oxygen atoms in total. The molecule has 0 radical (unpaired) electrons. The number of halogens is 1. The summed E-state index contributed by atoms with van der Waals surface area (Å²) in [5.41, 5.74) is 1.04. The summed E-state index contributed by atoms with van der Waals surface area (Å²) < 4.78 is 0. The Morgan fingerprint density at radius 2 is 2.00 bits per heavy atom. The zero-order valence-electron chi connectivity index (χ0n) is 12.4. The Bertz CT molecular complexity index is 646. The number of hydrogen-bond acceptors (Lipinski definition) is 5. The van der Waals surface area contributed by atoms with Gasteiger partial charge in [-0.25, -0.2) is 4.98 Å². The van der Waals surface area contributed by atoms with E-state index in [0.717, 1.165) is 5.56 Å². The predicted octanol–water partition coefficient (Wildman–Crippen LogP) is 3.36. The van der Waals surface area contributed by atoms with Crippen LogP contribution in [0.25, 0.3) is 0 Å². The third-order valence-electron chi connectivity index (χ3n) is 3.32. The van der Waals surface area contributed by atoms with Crippen molar-refractivity contribution in [3.05, 3.63) is 63.3 Å². The van der Waals surface area contributed by atoms with Gasteiger partial charge in [-0.05, 0) is 37.9 Å². The Kier molecular flexibility index (Phi) is 5.30. The first-order valence-corrected chi connectivity index (χ1v) is 7.12. The molecule has 0 fully saturated rings. The fourth-order valence-corrected chi connectivity index (χ4v) is 2.28. The van der Waals surface area contributed by atoms with Crippen LogP contribution in [0.2, 0.25) is 5.02 Å². The Hall–Kier alpha value is -2.18. The van der Waals surface area contributed by atoms with Gasteiger partial charge in [0, 0.05) is 23.8 Å². The number of rotatable bonds is 6. The Morgan fingerprint density at radius 1 is 1.32 bits per heavy atom. The van der Waals surface area contributed by atoms with Crippen molar-refractivity contribution in [3.8, 4) is 0 Å². The van der Waals surface area contributed by atoms with E-state index in [-0.39, 0.29) is 17.5 Å². The van der Waals surface area contributed by atoms with Gasteiger partial charge >= 0.3 is 5.69 Å². The number of pyridine rings is 1. The summed E-state index contributed by atoms with van der Waals surface area (Å²) in [5, 5.41) is 14.7. The van der Waals surface area contributed by atoms with Gasteiger partial charge in [-0.15, -0.1) is 0 Å². The number of benzene rings is 1. The highest BCUT2D eigenvalue weighted by Crippen LogP contribution is 2.24. The fraction of sp³-hybridized carbons (Fsp3) is 0.267. The zero-order chi connectivity index (χ0) is 16.1. The number of nitro groups is 1. The lowest BCUT2D eigenvalue weighted by Crippen LogP contribution is -2.27. The lowest BCUT2D eigenvalue weighted by molar-refractivity contribution is -0.384. The van der Waals surface area contributed by atoms with Crippen LogP contribution in [0.1, 0.15) is 11.6 Å². The average molecular weight is 321 g/mol. The number of nitrogens with one attached hydrogen (secondary N) is 1. The smallest absolute Gasteiger partial charge is 0.311 e. The number of anilines is 1. The highest BCUT2D eigenvalue weighted by molar-refractivity contribution is 6.30. The Labute approximate surface area is 133 Å². The molecule has 1 heterocycles. The summed E-state index contributed by atoms with van der Waals surface area (Å²) in [6, 6.07) is 10.6. The molecular weight excluding hydrogens is 304 g/mol. The van der Waals surface area contributed by atoms with E-state index < -0.39 is 4.92 Å². The minimum absolute atomic E-state index is 0.0314. The minimum atomic E-state index is -0.442. The second-order valence-electron chi connectivity index (χ2n) is 5.04. The van der Waals surface area contributed by atoms with E-state index >= 15 is 0 Å². The van der Waals surface area contributed by atoms with Gasteiger partial charge < -0.3 is 10.2 Å². The molecule has 0 amide bonds. The van der Waals surface area contributed by atoms with Crippen molar-refractivity contribution in [2.24, 2.45) is 0 Å². The summed E-state index contributed by atoms with van der Waals surface area (Å²) in [4.78, 5) is 16.6. The van der Waals surface area contributed by atoms with Gasteiger partial charge in [0.25, 0.3) is 0 Å². The van der Waals surface area contributed by atoms with Gasteiger partial charge in [-0.1, -0.05) is 23.7 Å². The largest absolute Gasteiger partial charge is 0.362 e. The first kappa shape index (κ1) is 16.2. The Morgan fingerprint density at radius 3 is 2.59 bits per heavy atom. The predicted molar refractivity (Wildman–Crippen MR) is 87.3 cm³/mol. The first-order valence-electron chi connectivity index (χ1n) is 6.74. The zero-order valence-corrected chi connectivity index (χ0v) is 13.1. The molecule has 1 aromatic carbocycles. The first-order chi connectivity index (χ1) is 10.5. The van der Waals surface area contributed by atoms with E-state index in [2.05, 4.69) is 10.3 Å². The minimum Gasteiger partial charge on any atom is -0.362 e. The lowest BCUT2D eigenvalue weighted by Gasteiger charge is -2.25. The van der Waals surface area contributed by atoms with E-state index in [9.17, 15) is 10.1 Å². The summed E-state index contributed by atoms with van der Waals surface area (Å²) >= 11 is 5.91. The van der Waals surface area contributed by atoms with Crippen molar-refractivity contribution >= 4 is 23.1 Å². The van der Waals surface area contributed by atoms with Crippen LogP contribution in [0.15, 0.2) is 42.6 Å². The fourth-order valence-electron chi connectivity index (χ4n) is 2.16. The maximum atomic E-state index is 11.0. The van der Waals surface area contributed by atoms with Crippen molar-refractivity contribution < 1.29 is 4.92 Å². The molecule has 1 N–H and O–H groups in total. The van der Waals surface area contributed by atoms with Crippen LogP contribution in [0, 0.1) is 10.1 Å². The van der Waals surface area contributed by atoms with Crippen LogP contribution in [-0.4, -0.2) is 35.4 Å². The van der Waals surface area contributed by atoms with Crippen LogP contribution in [0.3, 0.4) is 0 Å². The summed E-state index contributed by atoms with van der Waals surface area (Å²) in [7, 11) is 3.90. The number of aromatic nitrogens is 1. The maximum absolute atomic E-state index is 11.0. The van der Waals surface area contributed by atoms with Crippen molar-refractivity contribution in [3.63, 3.8) is 0 Å². The second kappa shape index (κ2) is 7.20. The average Bonchev–Trinajstić information content (AvgIpc) is 2.49. The molecule has 0 bridgehead atoms. The van der Waals surface area contributed by atoms with Crippen LogP contribution in [0.4, 0.5) is 11.5 Å². The quantitative estimate of drug-likeness (QED) is 0.652. The summed E-state index contributed by atoms with van der Waals surface area (Å²) in [6.07, 6.45) is 1.53. The van der Waals surface area contributed by atoms with Gasteiger partial charge in [0.05, 0.1) is 11.0 Å². The molecule has 0 aliphatic rings. The van der Waals surface area contributed by atoms with E-state index in [4.69, 9.17) is 11.6 Å². The van der Waals surface area contributed by atoms with Gasteiger partial charge in [0.15, 0.2) is 0 Å². The molecule has 0 aliphatic heterocycles. The second-order valence-corrected chi connectivity index (χ2v) is 5.48. The molecule has 0 aliphatic carbocycles. The lowest BCUT2D eigenvalue weighted by atomic mass is 10.1. The monoisotopic (exact) mass is 320 g/mol. The van der Waals surface area contributed by atoms with Gasteiger partial charge in [0.2, 0.25) is 5.82 Å². The summed E-state index contributed by atoms with van der Waals surface area (Å²) in [5.74, 6) is 0.272. The van der Waals surface area contributed by atoms with Crippen LogP contribution >= 0.6 is 11.6 Å². The molecule has 0 spiro atoms. The van der Waals surface area contributed by atoms with E-state index in [1.54, 1.807) is 6.07 Å².